The molecule has 0 aliphatic carbocycles. The van der Waals surface area contributed by atoms with Gasteiger partial charge < -0.3 is 10.4 Å². The summed E-state index contributed by atoms with van der Waals surface area (Å²) < 4.78 is 25.6. The average molecular weight is 326 g/mol. The van der Waals surface area contributed by atoms with E-state index in [1.54, 1.807) is 18.7 Å². The van der Waals surface area contributed by atoms with Gasteiger partial charge in [0.1, 0.15) is 6.04 Å². The third-order valence-corrected chi connectivity index (χ3v) is 4.77. The number of sulfonamides is 1. The molecule has 8 heteroatoms. The Labute approximate surface area is 126 Å². The molecule has 0 aromatic rings. The van der Waals surface area contributed by atoms with Crippen LogP contribution in [0.3, 0.4) is 0 Å². The first-order chi connectivity index (χ1) is 9.32. The summed E-state index contributed by atoms with van der Waals surface area (Å²) in [6, 6.07) is -0.723. The zero-order valence-electron chi connectivity index (χ0n) is 12.4. The number of amides is 1. The lowest BCUT2D eigenvalue weighted by atomic mass is 10.2. The minimum atomic E-state index is -3.40. The standard InChI is InChI=1S/C12H26N2O4S2/c1-4-20(17,18)14-11(7-9-19-3)12(16)13-8-5-6-10(2)15/h10-11,14-15H,4-9H2,1-3H3,(H,13,16). The summed E-state index contributed by atoms with van der Waals surface area (Å²) in [4.78, 5) is 12.0. The number of carbonyl (C=O) groups excluding carboxylic acids is 1. The number of rotatable bonds is 11. The fraction of sp³-hybridized carbons (Fsp3) is 0.917. The maximum Gasteiger partial charge on any atom is 0.238 e. The number of thioether (sulfide) groups is 1. The minimum Gasteiger partial charge on any atom is -0.393 e. The van der Waals surface area contributed by atoms with E-state index < -0.39 is 22.2 Å². The second-order valence-corrected chi connectivity index (χ2v) is 7.67. The lowest BCUT2D eigenvalue weighted by Gasteiger charge is -2.17. The van der Waals surface area contributed by atoms with Crippen LogP contribution >= 0.6 is 11.8 Å². The minimum absolute atomic E-state index is 0.0436. The number of carbonyl (C=O) groups is 1. The normalized spacial score (nSPS) is 14.8. The SMILES string of the molecule is CCS(=O)(=O)NC(CCSC)C(=O)NCCCC(C)O. The molecular formula is C12H26N2O4S2. The van der Waals surface area contributed by atoms with E-state index in [-0.39, 0.29) is 11.7 Å². The Kier molecular flexibility index (Phi) is 10.3. The summed E-state index contributed by atoms with van der Waals surface area (Å²) in [6.45, 7) is 3.67. The molecule has 6 nitrogen and oxygen atoms in total. The Hall–Kier alpha value is -0.310. The van der Waals surface area contributed by atoms with Crippen LogP contribution in [0.1, 0.15) is 33.1 Å². The van der Waals surface area contributed by atoms with Gasteiger partial charge in [0, 0.05) is 6.54 Å². The lowest BCUT2D eigenvalue weighted by molar-refractivity contribution is -0.122. The molecule has 2 unspecified atom stereocenters. The van der Waals surface area contributed by atoms with Crippen LogP contribution in [0, 0.1) is 0 Å². The lowest BCUT2D eigenvalue weighted by Crippen LogP contribution is -2.47. The van der Waals surface area contributed by atoms with E-state index in [9.17, 15) is 13.2 Å². The molecule has 2 atom stereocenters. The summed E-state index contributed by atoms with van der Waals surface area (Å²) >= 11 is 1.57. The molecule has 3 N–H and O–H groups in total. The molecule has 0 spiro atoms. The zero-order valence-corrected chi connectivity index (χ0v) is 14.0. The van der Waals surface area contributed by atoms with Crippen molar-refractivity contribution in [3.8, 4) is 0 Å². The maximum absolute atomic E-state index is 12.0. The van der Waals surface area contributed by atoms with Crippen molar-refractivity contribution in [3.63, 3.8) is 0 Å². The largest absolute Gasteiger partial charge is 0.393 e. The highest BCUT2D eigenvalue weighted by Gasteiger charge is 2.22. The van der Waals surface area contributed by atoms with Crippen LogP contribution in [-0.2, 0) is 14.8 Å². The van der Waals surface area contributed by atoms with Crippen LogP contribution in [0.4, 0.5) is 0 Å². The topological polar surface area (TPSA) is 95.5 Å². The third kappa shape index (κ3) is 9.57. The van der Waals surface area contributed by atoms with Gasteiger partial charge in [-0.25, -0.2) is 13.1 Å². The van der Waals surface area contributed by atoms with Gasteiger partial charge >= 0.3 is 0 Å². The van der Waals surface area contributed by atoms with Gasteiger partial charge in [-0.15, -0.1) is 0 Å². The number of nitrogens with one attached hydrogen (secondary N) is 2. The summed E-state index contributed by atoms with van der Waals surface area (Å²) in [5.41, 5.74) is 0. The molecule has 1 amide bonds. The predicted octanol–water partition coefficient (Wildman–Crippen LogP) is 0.325. The van der Waals surface area contributed by atoms with Gasteiger partial charge in [-0.05, 0) is 45.1 Å². The van der Waals surface area contributed by atoms with E-state index in [0.717, 1.165) is 0 Å². The number of aliphatic hydroxyl groups excluding tert-OH is 1. The van der Waals surface area contributed by atoms with Crippen molar-refractivity contribution in [1.82, 2.24) is 10.0 Å². The fourth-order valence-electron chi connectivity index (χ4n) is 1.51. The Morgan fingerprint density at radius 1 is 1.35 bits per heavy atom. The van der Waals surface area contributed by atoms with Crippen molar-refractivity contribution in [1.29, 1.82) is 0 Å². The molecule has 20 heavy (non-hydrogen) atoms. The summed E-state index contributed by atoms with van der Waals surface area (Å²) in [5.74, 6) is 0.359. The van der Waals surface area contributed by atoms with Gasteiger partial charge in [0.05, 0.1) is 11.9 Å². The molecular weight excluding hydrogens is 300 g/mol. The van der Waals surface area contributed by atoms with E-state index in [2.05, 4.69) is 10.0 Å². The fourth-order valence-corrected chi connectivity index (χ4v) is 2.81. The monoisotopic (exact) mass is 326 g/mol. The van der Waals surface area contributed by atoms with Crippen molar-refractivity contribution in [2.75, 3.05) is 24.3 Å². The molecule has 0 heterocycles. The van der Waals surface area contributed by atoms with Crippen LogP contribution < -0.4 is 10.0 Å². The Morgan fingerprint density at radius 2 is 2.00 bits per heavy atom. The molecule has 0 aliphatic heterocycles. The van der Waals surface area contributed by atoms with Crippen molar-refractivity contribution in [3.05, 3.63) is 0 Å². The van der Waals surface area contributed by atoms with E-state index in [4.69, 9.17) is 5.11 Å². The molecule has 0 radical (unpaired) electrons. The Balaban J connectivity index is 4.34. The first-order valence-electron chi connectivity index (χ1n) is 6.77. The van der Waals surface area contributed by atoms with Crippen molar-refractivity contribution in [2.45, 2.75) is 45.3 Å². The van der Waals surface area contributed by atoms with Crippen LogP contribution in [-0.4, -0.2) is 55.9 Å². The molecule has 0 rings (SSSR count). The average Bonchev–Trinajstić information content (AvgIpc) is 2.39. The van der Waals surface area contributed by atoms with Gasteiger partial charge in [-0.2, -0.15) is 11.8 Å². The second-order valence-electron chi connectivity index (χ2n) is 4.64. The Morgan fingerprint density at radius 3 is 2.50 bits per heavy atom. The summed E-state index contributed by atoms with van der Waals surface area (Å²) in [7, 11) is -3.40. The first kappa shape index (κ1) is 19.7. The van der Waals surface area contributed by atoms with Crippen LogP contribution in [0.5, 0.6) is 0 Å². The molecule has 0 saturated heterocycles. The van der Waals surface area contributed by atoms with Crippen LogP contribution in [0.15, 0.2) is 0 Å². The molecule has 0 saturated carbocycles. The quantitative estimate of drug-likeness (QED) is 0.475. The number of hydrogen-bond donors (Lipinski definition) is 3. The highest BCUT2D eigenvalue weighted by atomic mass is 32.2. The Bertz CT molecular complexity index is 372. The summed E-state index contributed by atoms with van der Waals surface area (Å²) in [5, 5.41) is 11.8. The van der Waals surface area contributed by atoms with Crippen molar-refractivity contribution < 1.29 is 18.3 Å². The van der Waals surface area contributed by atoms with E-state index >= 15 is 0 Å². The van der Waals surface area contributed by atoms with Gasteiger partial charge in [0.15, 0.2) is 0 Å². The van der Waals surface area contributed by atoms with E-state index in [0.29, 0.717) is 31.6 Å². The highest BCUT2D eigenvalue weighted by Crippen LogP contribution is 2.03. The van der Waals surface area contributed by atoms with Crippen LogP contribution in [0.25, 0.3) is 0 Å². The zero-order chi connectivity index (χ0) is 15.6. The smallest absolute Gasteiger partial charge is 0.238 e. The number of aliphatic hydroxyl groups is 1. The molecule has 0 bridgehead atoms. The molecule has 0 aromatic heterocycles. The van der Waals surface area contributed by atoms with Gasteiger partial charge in [0.2, 0.25) is 15.9 Å². The van der Waals surface area contributed by atoms with Crippen LogP contribution in [0.2, 0.25) is 0 Å². The van der Waals surface area contributed by atoms with Crippen molar-refractivity contribution in [2.24, 2.45) is 0 Å². The molecule has 0 aliphatic rings. The van der Waals surface area contributed by atoms with Crippen molar-refractivity contribution >= 4 is 27.7 Å². The number of hydrogen-bond acceptors (Lipinski definition) is 5. The second kappa shape index (κ2) is 10.4. The molecule has 0 aromatic carbocycles. The van der Waals surface area contributed by atoms with E-state index in [1.807, 2.05) is 6.26 Å². The maximum atomic E-state index is 12.0. The van der Waals surface area contributed by atoms with Gasteiger partial charge in [-0.3, -0.25) is 4.79 Å². The third-order valence-electron chi connectivity index (χ3n) is 2.73. The predicted molar refractivity (Wildman–Crippen MR) is 83.3 cm³/mol. The van der Waals surface area contributed by atoms with Gasteiger partial charge in [0.25, 0.3) is 0 Å². The summed E-state index contributed by atoms with van der Waals surface area (Å²) in [6.07, 6.45) is 3.25. The highest BCUT2D eigenvalue weighted by molar-refractivity contribution is 7.98. The molecule has 0 fully saturated rings. The van der Waals surface area contributed by atoms with E-state index in [1.165, 1.54) is 6.92 Å². The van der Waals surface area contributed by atoms with Gasteiger partial charge in [-0.1, -0.05) is 0 Å². The first-order valence-corrected chi connectivity index (χ1v) is 9.81. The molecule has 120 valence electrons.